The van der Waals surface area contributed by atoms with Gasteiger partial charge in [-0.25, -0.2) is 0 Å². The molecule has 2 heteroatoms. The minimum atomic E-state index is 0.828. The molecule has 1 aliphatic carbocycles. The lowest BCUT2D eigenvalue weighted by atomic mass is 9.78. The third-order valence-electron chi connectivity index (χ3n) is 4.30. The molecule has 108 valence electrons. The van der Waals surface area contributed by atoms with Gasteiger partial charge in [0.25, 0.3) is 0 Å². The smallest absolute Gasteiger partial charge is 0.0136 e. The van der Waals surface area contributed by atoms with Gasteiger partial charge in [-0.15, -0.1) is 0 Å². The Hall–Kier alpha value is -0.0800. The van der Waals surface area contributed by atoms with Crippen LogP contribution in [-0.4, -0.2) is 37.6 Å². The Balaban J connectivity index is 2.42. The van der Waals surface area contributed by atoms with E-state index >= 15 is 0 Å². The maximum atomic E-state index is 3.36. The molecule has 0 aromatic rings. The van der Waals surface area contributed by atoms with E-state index in [2.05, 4.69) is 45.0 Å². The van der Waals surface area contributed by atoms with Gasteiger partial charge in [-0.3, -0.25) is 0 Å². The van der Waals surface area contributed by atoms with Crippen LogP contribution in [-0.2, 0) is 0 Å². The molecule has 0 aromatic carbocycles. The van der Waals surface area contributed by atoms with E-state index in [1.165, 1.54) is 45.3 Å². The molecule has 0 aromatic heterocycles. The lowest BCUT2D eigenvalue weighted by Gasteiger charge is -2.45. The third kappa shape index (κ3) is 5.27. The molecule has 0 bridgehead atoms. The van der Waals surface area contributed by atoms with Crippen LogP contribution in [0.15, 0.2) is 0 Å². The zero-order chi connectivity index (χ0) is 13.5. The van der Waals surface area contributed by atoms with Gasteiger partial charge in [-0.1, -0.05) is 27.7 Å². The maximum Gasteiger partial charge on any atom is 0.0136 e. The first-order chi connectivity index (χ1) is 8.54. The number of nitrogens with zero attached hydrogens (tertiary/aromatic N) is 1. The van der Waals surface area contributed by atoms with Crippen molar-refractivity contribution in [2.75, 3.05) is 26.7 Å². The average molecular weight is 254 g/mol. The van der Waals surface area contributed by atoms with Crippen molar-refractivity contribution in [3.05, 3.63) is 0 Å². The van der Waals surface area contributed by atoms with Gasteiger partial charge in [0.2, 0.25) is 0 Å². The predicted octanol–water partition coefficient (Wildman–Crippen LogP) is 3.38. The molecule has 2 atom stereocenters. The van der Waals surface area contributed by atoms with E-state index < -0.39 is 0 Å². The first kappa shape index (κ1) is 16.0. The van der Waals surface area contributed by atoms with Gasteiger partial charge in [-0.2, -0.15) is 0 Å². The van der Waals surface area contributed by atoms with Gasteiger partial charge in [0.15, 0.2) is 0 Å². The van der Waals surface area contributed by atoms with Crippen molar-refractivity contribution in [2.45, 2.75) is 59.4 Å². The Morgan fingerprint density at radius 1 is 1.00 bits per heavy atom. The highest BCUT2D eigenvalue weighted by Gasteiger charge is 2.34. The Kier molecular flexibility index (Phi) is 7.25. The lowest BCUT2D eigenvalue weighted by molar-refractivity contribution is 0.0553. The van der Waals surface area contributed by atoms with E-state index in [1.54, 1.807) is 0 Å². The molecule has 0 amide bonds. The van der Waals surface area contributed by atoms with E-state index in [9.17, 15) is 0 Å². The standard InChI is InChI=1S/C16H34N2/c1-13(2)8-10-18(11-9-14(3)4)16-7-6-15(16)12-17-5/h13-17H,6-12H2,1-5H3. The molecule has 0 aliphatic heterocycles. The van der Waals surface area contributed by atoms with Gasteiger partial charge < -0.3 is 10.2 Å². The molecule has 0 saturated heterocycles. The molecule has 1 aliphatic rings. The Bertz CT molecular complexity index is 201. The van der Waals surface area contributed by atoms with Crippen LogP contribution in [0, 0.1) is 17.8 Å². The topological polar surface area (TPSA) is 15.3 Å². The Morgan fingerprint density at radius 3 is 1.89 bits per heavy atom. The van der Waals surface area contributed by atoms with Crippen LogP contribution in [0.3, 0.4) is 0 Å². The van der Waals surface area contributed by atoms with Crippen LogP contribution in [0.25, 0.3) is 0 Å². The molecule has 2 unspecified atom stereocenters. The second kappa shape index (κ2) is 8.16. The van der Waals surface area contributed by atoms with Gasteiger partial charge in [0.1, 0.15) is 0 Å². The monoisotopic (exact) mass is 254 g/mol. The molecule has 2 nitrogen and oxygen atoms in total. The van der Waals surface area contributed by atoms with Crippen molar-refractivity contribution >= 4 is 0 Å². The van der Waals surface area contributed by atoms with Gasteiger partial charge in [0, 0.05) is 6.04 Å². The first-order valence-electron chi connectivity index (χ1n) is 7.93. The second-order valence-electron chi connectivity index (χ2n) is 6.86. The first-order valence-corrected chi connectivity index (χ1v) is 7.93. The summed E-state index contributed by atoms with van der Waals surface area (Å²) in [5, 5.41) is 3.36. The second-order valence-corrected chi connectivity index (χ2v) is 6.86. The fraction of sp³-hybridized carbons (Fsp3) is 1.00. The SMILES string of the molecule is CNCC1CCC1N(CCC(C)C)CCC(C)C. The molecule has 1 N–H and O–H groups in total. The van der Waals surface area contributed by atoms with E-state index in [0.717, 1.165) is 23.8 Å². The molecule has 0 heterocycles. The van der Waals surface area contributed by atoms with E-state index in [-0.39, 0.29) is 0 Å². The molecular formula is C16H34N2. The summed E-state index contributed by atoms with van der Waals surface area (Å²) in [7, 11) is 2.09. The molecular weight excluding hydrogens is 220 g/mol. The number of hydrogen-bond acceptors (Lipinski definition) is 2. The van der Waals surface area contributed by atoms with E-state index in [4.69, 9.17) is 0 Å². The van der Waals surface area contributed by atoms with Gasteiger partial charge >= 0.3 is 0 Å². The zero-order valence-electron chi connectivity index (χ0n) is 13.2. The summed E-state index contributed by atoms with van der Waals surface area (Å²) < 4.78 is 0. The number of hydrogen-bond donors (Lipinski definition) is 1. The third-order valence-corrected chi connectivity index (χ3v) is 4.30. The van der Waals surface area contributed by atoms with E-state index in [0.29, 0.717) is 0 Å². The zero-order valence-corrected chi connectivity index (χ0v) is 13.2. The van der Waals surface area contributed by atoms with Crippen molar-refractivity contribution in [2.24, 2.45) is 17.8 Å². The molecule has 18 heavy (non-hydrogen) atoms. The minimum Gasteiger partial charge on any atom is -0.319 e. The lowest BCUT2D eigenvalue weighted by Crippen LogP contribution is -2.51. The summed E-state index contributed by atoms with van der Waals surface area (Å²) in [4.78, 5) is 2.78. The van der Waals surface area contributed by atoms with Crippen LogP contribution in [0.4, 0.5) is 0 Å². The maximum absolute atomic E-state index is 3.36. The van der Waals surface area contributed by atoms with Crippen LogP contribution >= 0.6 is 0 Å². The quantitative estimate of drug-likeness (QED) is 0.678. The van der Waals surface area contributed by atoms with Crippen molar-refractivity contribution in [3.8, 4) is 0 Å². The minimum absolute atomic E-state index is 0.828. The molecule has 0 radical (unpaired) electrons. The fourth-order valence-electron chi connectivity index (χ4n) is 2.82. The van der Waals surface area contributed by atoms with Gasteiger partial charge in [0.05, 0.1) is 0 Å². The molecule has 1 saturated carbocycles. The molecule has 1 rings (SSSR count). The largest absolute Gasteiger partial charge is 0.319 e. The summed E-state index contributed by atoms with van der Waals surface area (Å²) in [5.74, 6) is 2.55. The Morgan fingerprint density at radius 2 is 1.56 bits per heavy atom. The average Bonchev–Trinajstić information content (AvgIpc) is 2.27. The highest BCUT2D eigenvalue weighted by atomic mass is 15.2. The molecule has 0 spiro atoms. The van der Waals surface area contributed by atoms with Crippen LogP contribution in [0.2, 0.25) is 0 Å². The highest BCUT2D eigenvalue weighted by molar-refractivity contribution is 4.90. The number of rotatable bonds is 9. The summed E-state index contributed by atoms with van der Waals surface area (Å²) in [6.07, 6.45) is 5.54. The normalized spacial score (nSPS) is 24.0. The van der Waals surface area contributed by atoms with Crippen molar-refractivity contribution in [1.82, 2.24) is 10.2 Å². The summed E-state index contributed by atoms with van der Waals surface area (Å²) in [6, 6.07) is 0.856. The van der Waals surface area contributed by atoms with Crippen LogP contribution in [0.5, 0.6) is 0 Å². The van der Waals surface area contributed by atoms with Gasteiger partial charge in [-0.05, 0) is 70.1 Å². The van der Waals surface area contributed by atoms with E-state index in [1.807, 2.05) is 0 Å². The van der Waals surface area contributed by atoms with Crippen LogP contribution in [0.1, 0.15) is 53.4 Å². The fourth-order valence-corrected chi connectivity index (χ4v) is 2.82. The van der Waals surface area contributed by atoms with Crippen molar-refractivity contribution in [1.29, 1.82) is 0 Å². The summed E-state index contributed by atoms with van der Waals surface area (Å²) >= 11 is 0. The number of nitrogens with one attached hydrogen (secondary N) is 1. The van der Waals surface area contributed by atoms with Crippen molar-refractivity contribution in [3.63, 3.8) is 0 Å². The van der Waals surface area contributed by atoms with Crippen molar-refractivity contribution < 1.29 is 0 Å². The summed E-state index contributed by atoms with van der Waals surface area (Å²) in [5.41, 5.74) is 0. The Labute approximate surface area is 115 Å². The summed E-state index contributed by atoms with van der Waals surface area (Å²) in [6.45, 7) is 13.2. The predicted molar refractivity (Wildman–Crippen MR) is 80.9 cm³/mol. The highest BCUT2D eigenvalue weighted by Crippen LogP contribution is 2.32. The van der Waals surface area contributed by atoms with Crippen LogP contribution < -0.4 is 5.32 Å². The molecule has 1 fully saturated rings.